The second-order valence-electron chi connectivity index (χ2n) is 6.79. The number of aryl methyl sites for hydroxylation is 1. The lowest BCUT2D eigenvalue weighted by molar-refractivity contribution is -0.142. The van der Waals surface area contributed by atoms with Crippen molar-refractivity contribution < 1.29 is 14.3 Å². The maximum atomic E-state index is 13.0. The molecule has 27 heavy (non-hydrogen) atoms. The predicted octanol–water partition coefficient (Wildman–Crippen LogP) is 3.20. The van der Waals surface area contributed by atoms with Crippen molar-refractivity contribution in [2.45, 2.75) is 25.8 Å². The van der Waals surface area contributed by atoms with Gasteiger partial charge in [-0.2, -0.15) is 0 Å². The first-order valence-electron chi connectivity index (χ1n) is 9.39. The number of carbonyl (C=O) groups is 2. The Labute approximate surface area is 160 Å². The van der Waals surface area contributed by atoms with Gasteiger partial charge < -0.3 is 9.64 Å². The lowest BCUT2D eigenvalue weighted by atomic mass is 10.1. The van der Waals surface area contributed by atoms with Crippen molar-refractivity contribution in [3.63, 3.8) is 0 Å². The van der Waals surface area contributed by atoms with E-state index in [0.29, 0.717) is 12.3 Å². The average Bonchev–Trinajstić information content (AvgIpc) is 3.11. The van der Waals surface area contributed by atoms with Crippen molar-refractivity contribution in [2.75, 3.05) is 31.6 Å². The Kier molecular flexibility index (Phi) is 6.24. The van der Waals surface area contributed by atoms with Gasteiger partial charge in [-0.1, -0.05) is 42.5 Å². The van der Waals surface area contributed by atoms with Crippen molar-refractivity contribution in [1.82, 2.24) is 4.90 Å². The average molecular weight is 366 g/mol. The summed E-state index contributed by atoms with van der Waals surface area (Å²) in [6.07, 6.45) is 2.04. The van der Waals surface area contributed by atoms with E-state index in [1.807, 2.05) is 43.4 Å². The SMILES string of the molecule is CCOC(=O)CN(C(=O)CN(C)C1CCc2ccccc21)c1ccccc1. The number of likely N-dealkylation sites (N-methyl/N-ethyl adjacent to an activating group) is 1. The van der Waals surface area contributed by atoms with Crippen LogP contribution in [0.15, 0.2) is 54.6 Å². The summed E-state index contributed by atoms with van der Waals surface area (Å²) in [5.41, 5.74) is 3.36. The molecule has 5 heteroatoms. The molecule has 0 radical (unpaired) electrons. The predicted molar refractivity (Wildman–Crippen MR) is 106 cm³/mol. The fourth-order valence-electron chi connectivity index (χ4n) is 3.67. The van der Waals surface area contributed by atoms with Gasteiger partial charge in [0.25, 0.3) is 0 Å². The Hall–Kier alpha value is -2.66. The number of hydrogen-bond acceptors (Lipinski definition) is 4. The highest BCUT2D eigenvalue weighted by Crippen LogP contribution is 2.34. The number of hydrogen-bond donors (Lipinski definition) is 0. The molecule has 0 spiro atoms. The van der Waals surface area contributed by atoms with Crippen LogP contribution in [0.25, 0.3) is 0 Å². The minimum absolute atomic E-state index is 0.0776. The largest absolute Gasteiger partial charge is 0.465 e. The van der Waals surface area contributed by atoms with Gasteiger partial charge in [0.2, 0.25) is 5.91 Å². The minimum Gasteiger partial charge on any atom is -0.465 e. The number of para-hydroxylation sites is 1. The fourth-order valence-corrected chi connectivity index (χ4v) is 3.67. The summed E-state index contributed by atoms with van der Waals surface area (Å²) >= 11 is 0. The number of anilines is 1. The molecule has 1 amide bonds. The number of amides is 1. The van der Waals surface area contributed by atoms with Crippen LogP contribution in [0, 0.1) is 0 Å². The molecule has 2 aromatic carbocycles. The molecule has 5 nitrogen and oxygen atoms in total. The summed E-state index contributed by atoms with van der Waals surface area (Å²) < 4.78 is 5.05. The number of benzene rings is 2. The molecule has 0 N–H and O–H groups in total. The Bertz CT molecular complexity index is 791. The van der Waals surface area contributed by atoms with Gasteiger partial charge in [0.1, 0.15) is 6.54 Å². The molecule has 0 saturated carbocycles. The normalized spacial score (nSPS) is 15.4. The molecule has 1 aliphatic carbocycles. The first-order chi connectivity index (χ1) is 13.1. The molecule has 0 bridgehead atoms. The van der Waals surface area contributed by atoms with E-state index in [9.17, 15) is 9.59 Å². The summed E-state index contributed by atoms with van der Waals surface area (Å²) in [6, 6.07) is 17.9. The molecule has 0 aliphatic heterocycles. The van der Waals surface area contributed by atoms with Crippen LogP contribution in [0.5, 0.6) is 0 Å². The molecule has 142 valence electrons. The van der Waals surface area contributed by atoms with Crippen LogP contribution in [0.4, 0.5) is 5.69 Å². The van der Waals surface area contributed by atoms with E-state index < -0.39 is 5.97 Å². The number of nitrogens with zero attached hydrogens (tertiary/aromatic N) is 2. The molecule has 0 heterocycles. The molecule has 1 aliphatic rings. The highest BCUT2D eigenvalue weighted by atomic mass is 16.5. The van der Waals surface area contributed by atoms with Gasteiger partial charge in [0, 0.05) is 11.7 Å². The maximum Gasteiger partial charge on any atom is 0.326 e. The second kappa shape index (κ2) is 8.82. The van der Waals surface area contributed by atoms with Gasteiger partial charge in [-0.25, -0.2) is 0 Å². The third-order valence-corrected chi connectivity index (χ3v) is 4.98. The molecule has 3 rings (SSSR count). The van der Waals surface area contributed by atoms with E-state index in [2.05, 4.69) is 23.1 Å². The van der Waals surface area contributed by atoms with Gasteiger partial charge in [-0.05, 0) is 50.1 Å². The quantitative estimate of drug-likeness (QED) is 0.706. The van der Waals surface area contributed by atoms with E-state index in [4.69, 9.17) is 4.74 Å². The summed E-state index contributed by atoms with van der Waals surface area (Å²) in [7, 11) is 1.97. The van der Waals surface area contributed by atoms with E-state index in [-0.39, 0.29) is 25.0 Å². The lowest BCUT2D eigenvalue weighted by Gasteiger charge is -2.28. The van der Waals surface area contributed by atoms with E-state index >= 15 is 0 Å². The van der Waals surface area contributed by atoms with Crippen molar-refractivity contribution in [3.05, 3.63) is 65.7 Å². The molecule has 0 aromatic heterocycles. The highest BCUT2D eigenvalue weighted by Gasteiger charge is 2.28. The van der Waals surface area contributed by atoms with E-state index in [0.717, 1.165) is 12.8 Å². The third-order valence-electron chi connectivity index (χ3n) is 4.98. The summed E-state index contributed by atoms with van der Waals surface area (Å²) in [5, 5.41) is 0. The van der Waals surface area contributed by atoms with Crippen LogP contribution < -0.4 is 4.90 Å². The first-order valence-corrected chi connectivity index (χ1v) is 9.39. The molecule has 0 saturated heterocycles. The number of carbonyl (C=O) groups excluding carboxylic acids is 2. The molecule has 0 fully saturated rings. The van der Waals surface area contributed by atoms with Crippen LogP contribution in [-0.4, -0.2) is 43.5 Å². The van der Waals surface area contributed by atoms with Crippen LogP contribution in [0.1, 0.15) is 30.5 Å². The Morgan fingerprint density at radius 1 is 1.04 bits per heavy atom. The monoisotopic (exact) mass is 366 g/mol. The number of rotatable bonds is 7. The molecular formula is C22H26N2O3. The van der Waals surface area contributed by atoms with Gasteiger partial charge >= 0.3 is 5.97 Å². The van der Waals surface area contributed by atoms with Crippen molar-refractivity contribution in [3.8, 4) is 0 Å². The number of ether oxygens (including phenoxy) is 1. The zero-order valence-electron chi connectivity index (χ0n) is 15.9. The van der Waals surface area contributed by atoms with E-state index in [1.54, 1.807) is 6.92 Å². The maximum absolute atomic E-state index is 13.0. The summed E-state index contributed by atoms with van der Waals surface area (Å²) in [4.78, 5) is 28.6. The zero-order chi connectivity index (χ0) is 19.2. The second-order valence-corrected chi connectivity index (χ2v) is 6.79. The summed E-state index contributed by atoms with van der Waals surface area (Å²) in [5.74, 6) is -0.510. The number of fused-ring (bicyclic) bond motifs is 1. The van der Waals surface area contributed by atoms with Crippen LogP contribution >= 0.6 is 0 Å². The smallest absolute Gasteiger partial charge is 0.326 e. The van der Waals surface area contributed by atoms with Crippen molar-refractivity contribution >= 4 is 17.6 Å². The van der Waals surface area contributed by atoms with Crippen molar-refractivity contribution in [2.24, 2.45) is 0 Å². The van der Waals surface area contributed by atoms with Crippen LogP contribution in [0.2, 0.25) is 0 Å². The molecular weight excluding hydrogens is 340 g/mol. The molecule has 2 aromatic rings. The van der Waals surface area contributed by atoms with Gasteiger partial charge in [-0.15, -0.1) is 0 Å². The minimum atomic E-state index is -0.399. The lowest BCUT2D eigenvalue weighted by Crippen LogP contribution is -2.43. The molecule has 1 atom stereocenters. The fraction of sp³-hybridized carbons (Fsp3) is 0.364. The summed E-state index contributed by atoms with van der Waals surface area (Å²) in [6.45, 7) is 2.23. The Morgan fingerprint density at radius 3 is 2.48 bits per heavy atom. The Morgan fingerprint density at radius 2 is 1.74 bits per heavy atom. The van der Waals surface area contributed by atoms with Gasteiger partial charge in [-0.3, -0.25) is 14.5 Å². The van der Waals surface area contributed by atoms with Gasteiger partial charge in [0.05, 0.1) is 13.2 Å². The van der Waals surface area contributed by atoms with Crippen LogP contribution in [-0.2, 0) is 20.7 Å². The third kappa shape index (κ3) is 4.55. The standard InChI is InChI=1S/C22H26N2O3/c1-3-27-22(26)16-24(18-10-5-4-6-11-18)21(25)15-23(2)20-14-13-17-9-7-8-12-19(17)20/h4-12,20H,3,13-16H2,1-2H3. The molecule has 1 unspecified atom stereocenters. The first kappa shape index (κ1) is 19.1. The Balaban J connectivity index is 1.73. The van der Waals surface area contributed by atoms with E-state index in [1.165, 1.54) is 16.0 Å². The zero-order valence-corrected chi connectivity index (χ0v) is 15.9. The number of esters is 1. The van der Waals surface area contributed by atoms with Gasteiger partial charge in [0.15, 0.2) is 0 Å². The van der Waals surface area contributed by atoms with Crippen LogP contribution in [0.3, 0.4) is 0 Å². The van der Waals surface area contributed by atoms with Crippen molar-refractivity contribution in [1.29, 1.82) is 0 Å². The topological polar surface area (TPSA) is 49.9 Å². The highest BCUT2D eigenvalue weighted by molar-refractivity contribution is 5.98.